The number of methoxy groups -OCH3 is 1. The van der Waals surface area contributed by atoms with Gasteiger partial charge in [0.2, 0.25) is 0 Å². The fourth-order valence-corrected chi connectivity index (χ4v) is 3.10. The third kappa shape index (κ3) is 2.97. The summed E-state index contributed by atoms with van der Waals surface area (Å²) in [4.78, 5) is 4.47. The van der Waals surface area contributed by atoms with E-state index in [1.54, 1.807) is 13.2 Å². The van der Waals surface area contributed by atoms with Gasteiger partial charge in [0.1, 0.15) is 11.6 Å². The first-order valence-electron chi connectivity index (χ1n) is 6.62. The first-order valence-corrected chi connectivity index (χ1v) is 7.44. The molecule has 0 saturated heterocycles. The highest BCUT2D eigenvalue weighted by Crippen LogP contribution is 2.29. The molecule has 0 aliphatic heterocycles. The molecule has 3 rings (SSSR count). The Labute approximate surface area is 126 Å². The lowest BCUT2D eigenvalue weighted by molar-refractivity contribution is 0.414. The molecule has 0 aliphatic rings. The van der Waals surface area contributed by atoms with Gasteiger partial charge in [-0.3, -0.25) is 0 Å². The second-order valence-electron chi connectivity index (χ2n) is 4.77. The summed E-state index contributed by atoms with van der Waals surface area (Å²) in [5.41, 5.74) is 1.95. The van der Waals surface area contributed by atoms with E-state index in [1.807, 2.05) is 24.3 Å². The summed E-state index contributed by atoms with van der Waals surface area (Å²) in [6.07, 6.45) is 0. The number of hydrogen-bond donors (Lipinski definition) is 1. The molecule has 1 aromatic heterocycles. The van der Waals surface area contributed by atoms with E-state index in [4.69, 9.17) is 4.74 Å². The maximum Gasteiger partial charge on any atom is 0.184 e. The van der Waals surface area contributed by atoms with Gasteiger partial charge in [-0.1, -0.05) is 23.5 Å². The largest absolute Gasteiger partial charge is 0.497 e. The Kier molecular flexibility index (Phi) is 3.75. The van der Waals surface area contributed by atoms with Crippen LogP contribution in [0.25, 0.3) is 10.2 Å². The Morgan fingerprint density at radius 3 is 2.67 bits per heavy atom. The number of anilines is 1. The van der Waals surface area contributed by atoms with Crippen molar-refractivity contribution in [1.82, 2.24) is 4.98 Å². The van der Waals surface area contributed by atoms with E-state index < -0.39 is 0 Å². The van der Waals surface area contributed by atoms with Crippen molar-refractivity contribution in [2.75, 3.05) is 12.4 Å². The molecule has 0 aliphatic carbocycles. The van der Waals surface area contributed by atoms with Gasteiger partial charge in [-0.15, -0.1) is 0 Å². The van der Waals surface area contributed by atoms with Crippen molar-refractivity contribution in [3.63, 3.8) is 0 Å². The van der Waals surface area contributed by atoms with Crippen LogP contribution < -0.4 is 10.1 Å². The molecule has 2 aromatic carbocycles. The van der Waals surface area contributed by atoms with Crippen molar-refractivity contribution in [2.45, 2.75) is 13.0 Å². The predicted octanol–water partition coefficient (Wildman–Crippen LogP) is 4.62. The van der Waals surface area contributed by atoms with Gasteiger partial charge in [-0.2, -0.15) is 0 Å². The van der Waals surface area contributed by atoms with Crippen molar-refractivity contribution in [2.24, 2.45) is 0 Å². The maximum atomic E-state index is 13.2. The van der Waals surface area contributed by atoms with Gasteiger partial charge >= 0.3 is 0 Å². The predicted molar refractivity (Wildman–Crippen MR) is 84.6 cm³/mol. The summed E-state index contributed by atoms with van der Waals surface area (Å²) >= 11 is 1.46. The molecule has 108 valence electrons. The second kappa shape index (κ2) is 5.69. The van der Waals surface area contributed by atoms with Gasteiger partial charge in [0, 0.05) is 0 Å². The van der Waals surface area contributed by atoms with E-state index in [-0.39, 0.29) is 11.9 Å². The molecule has 1 atom stereocenters. The standard InChI is InChI=1S/C16H15FN2OS/c1-10(11-3-6-13(20-2)7-4-11)18-16-19-14-8-5-12(17)9-15(14)21-16/h3-10H,1-2H3,(H,18,19). The highest BCUT2D eigenvalue weighted by Gasteiger charge is 2.09. The average molecular weight is 302 g/mol. The van der Waals surface area contributed by atoms with Gasteiger partial charge in [0.05, 0.1) is 23.4 Å². The van der Waals surface area contributed by atoms with Crippen LogP contribution >= 0.6 is 11.3 Å². The Bertz CT molecular complexity index is 755. The van der Waals surface area contributed by atoms with Gasteiger partial charge in [0.25, 0.3) is 0 Å². The monoisotopic (exact) mass is 302 g/mol. The number of aromatic nitrogens is 1. The van der Waals surface area contributed by atoms with E-state index >= 15 is 0 Å². The van der Waals surface area contributed by atoms with Gasteiger partial charge in [0.15, 0.2) is 5.13 Å². The number of hydrogen-bond acceptors (Lipinski definition) is 4. The molecule has 0 saturated carbocycles. The molecule has 5 heteroatoms. The van der Waals surface area contributed by atoms with Crippen LogP contribution in [0.15, 0.2) is 42.5 Å². The lowest BCUT2D eigenvalue weighted by Gasteiger charge is -2.13. The topological polar surface area (TPSA) is 34.1 Å². The Morgan fingerprint density at radius 1 is 1.19 bits per heavy atom. The molecule has 0 spiro atoms. The van der Waals surface area contributed by atoms with Crippen LogP contribution in [-0.4, -0.2) is 12.1 Å². The van der Waals surface area contributed by atoms with Gasteiger partial charge in [-0.05, 0) is 42.8 Å². The van der Waals surface area contributed by atoms with Crippen molar-refractivity contribution in [3.8, 4) is 5.75 Å². The van der Waals surface area contributed by atoms with E-state index in [0.29, 0.717) is 0 Å². The van der Waals surface area contributed by atoms with Crippen LogP contribution in [0.2, 0.25) is 0 Å². The first-order chi connectivity index (χ1) is 10.2. The Morgan fingerprint density at radius 2 is 1.95 bits per heavy atom. The Hall–Kier alpha value is -2.14. The van der Waals surface area contributed by atoms with Crippen LogP contribution in [0, 0.1) is 5.82 Å². The lowest BCUT2D eigenvalue weighted by atomic mass is 10.1. The zero-order valence-electron chi connectivity index (χ0n) is 11.8. The molecule has 3 nitrogen and oxygen atoms in total. The zero-order valence-corrected chi connectivity index (χ0v) is 12.6. The smallest absolute Gasteiger partial charge is 0.184 e. The quantitative estimate of drug-likeness (QED) is 0.763. The minimum Gasteiger partial charge on any atom is -0.497 e. The van der Waals surface area contributed by atoms with Crippen LogP contribution in [0.1, 0.15) is 18.5 Å². The van der Waals surface area contributed by atoms with Crippen molar-refractivity contribution in [1.29, 1.82) is 0 Å². The fraction of sp³-hybridized carbons (Fsp3) is 0.188. The minimum atomic E-state index is -0.235. The average Bonchev–Trinajstić information content (AvgIpc) is 2.88. The highest BCUT2D eigenvalue weighted by atomic mass is 32.1. The summed E-state index contributed by atoms with van der Waals surface area (Å²) < 4.78 is 19.2. The van der Waals surface area contributed by atoms with E-state index in [2.05, 4.69) is 17.2 Å². The number of rotatable bonds is 4. The van der Waals surface area contributed by atoms with Gasteiger partial charge < -0.3 is 10.1 Å². The molecule has 0 bridgehead atoms. The maximum absolute atomic E-state index is 13.2. The van der Waals surface area contributed by atoms with Crippen molar-refractivity contribution >= 4 is 26.7 Å². The summed E-state index contributed by atoms with van der Waals surface area (Å²) in [7, 11) is 1.65. The molecule has 0 amide bonds. The molecular formula is C16H15FN2OS. The third-order valence-electron chi connectivity index (χ3n) is 3.31. The second-order valence-corrected chi connectivity index (χ2v) is 5.80. The van der Waals surface area contributed by atoms with Crippen LogP contribution in [0.3, 0.4) is 0 Å². The van der Waals surface area contributed by atoms with Gasteiger partial charge in [-0.25, -0.2) is 9.37 Å². The number of nitrogens with zero attached hydrogens (tertiary/aromatic N) is 1. The number of benzene rings is 2. The summed E-state index contributed by atoms with van der Waals surface area (Å²) in [5, 5.41) is 4.14. The van der Waals surface area contributed by atoms with E-state index in [0.717, 1.165) is 26.7 Å². The number of nitrogens with one attached hydrogen (secondary N) is 1. The van der Waals surface area contributed by atoms with Crippen LogP contribution in [0.4, 0.5) is 9.52 Å². The van der Waals surface area contributed by atoms with Crippen molar-refractivity contribution in [3.05, 3.63) is 53.8 Å². The number of halogens is 1. The zero-order chi connectivity index (χ0) is 14.8. The fourth-order valence-electron chi connectivity index (χ4n) is 2.12. The summed E-state index contributed by atoms with van der Waals surface area (Å²) in [6.45, 7) is 2.06. The van der Waals surface area contributed by atoms with Crippen LogP contribution in [-0.2, 0) is 0 Å². The minimum absolute atomic E-state index is 0.112. The molecule has 1 N–H and O–H groups in total. The van der Waals surface area contributed by atoms with Crippen LogP contribution in [0.5, 0.6) is 5.75 Å². The lowest BCUT2D eigenvalue weighted by Crippen LogP contribution is -2.06. The molecule has 1 heterocycles. The molecule has 0 fully saturated rings. The number of ether oxygens (including phenoxy) is 1. The van der Waals surface area contributed by atoms with E-state index in [1.165, 1.54) is 23.5 Å². The molecule has 1 unspecified atom stereocenters. The normalized spacial score (nSPS) is 12.3. The summed E-state index contributed by atoms with van der Waals surface area (Å²) in [5.74, 6) is 0.599. The van der Waals surface area contributed by atoms with Crippen molar-refractivity contribution < 1.29 is 9.13 Å². The number of thiazole rings is 1. The third-order valence-corrected chi connectivity index (χ3v) is 4.26. The SMILES string of the molecule is COc1ccc(C(C)Nc2nc3ccc(F)cc3s2)cc1. The number of fused-ring (bicyclic) bond motifs is 1. The molecular weight excluding hydrogens is 287 g/mol. The highest BCUT2D eigenvalue weighted by molar-refractivity contribution is 7.22. The Balaban J connectivity index is 1.79. The first kappa shape index (κ1) is 13.8. The molecule has 0 radical (unpaired) electrons. The molecule has 21 heavy (non-hydrogen) atoms. The summed E-state index contributed by atoms with van der Waals surface area (Å²) in [6, 6.07) is 12.6. The van der Waals surface area contributed by atoms with E-state index in [9.17, 15) is 4.39 Å². The molecule has 3 aromatic rings.